The van der Waals surface area contributed by atoms with Gasteiger partial charge in [0.15, 0.2) is 6.61 Å². The van der Waals surface area contributed by atoms with Crippen LogP contribution in [0.25, 0.3) is 0 Å². The molecule has 0 spiro atoms. The van der Waals surface area contributed by atoms with Crippen LogP contribution in [-0.4, -0.2) is 43.5 Å². The zero-order chi connectivity index (χ0) is 22.3. The Balaban J connectivity index is 2.26. The molecule has 2 rings (SSSR count). The number of nitrogens with one attached hydrogen (secondary N) is 1. The van der Waals surface area contributed by atoms with Crippen LogP contribution in [0.2, 0.25) is 0 Å². The maximum atomic E-state index is 13.2. The van der Waals surface area contributed by atoms with Crippen molar-refractivity contribution in [1.82, 2.24) is 10.2 Å². The number of carbonyl (C=O) groups excluding carboxylic acids is 2. The summed E-state index contributed by atoms with van der Waals surface area (Å²) in [5.41, 5.74) is 4.08. The molecule has 30 heavy (non-hydrogen) atoms. The Bertz CT molecular complexity index is 895. The van der Waals surface area contributed by atoms with Gasteiger partial charge in [-0.15, -0.1) is 0 Å². The molecule has 0 saturated carbocycles. The van der Waals surface area contributed by atoms with Gasteiger partial charge in [0.1, 0.15) is 17.5 Å². The fraction of sp³-hybridized carbons (Fsp3) is 0.417. The molecule has 0 unspecified atom stereocenters. The molecule has 0 radical (unpaired) electrons. The van der Waals surface area contributed by atoms with Gasteiger partial charge in [0.05, 0.1) is 7.11 Å². The third kappa shape index (κ3) is 5.75. The van der Waals surface area contributed by atoms with Crippen molar-refractivity contribution in [3.8, 4) is 11.5 Å². The molecule has 2 aromatic carbocycles. The minimum absolute atomic E-state index is 0.138. The Labute approximate surface area is 179 Å². The van der Waals surface area contributed by atoms with Gasteiger partial charge in [-0.1, -0.05) is 25.1 Å². The van der Waals surface area contributed by atoms with E-state index in [2.05, 4.69) is 11.4 Å². The molecule has 0 saturated heterocycles. The first-order chi connectivity index (χ1) is 14.3. The maximum absolute atomic E-state index is 13.2. The highest BCUT2D eigenvalue weighted by atomic mass is 16.5. The van der Waals surface area contributed by atoms with Gasteiger partial charge >= 0.3 is 0 Å². The Morgan fingerprint density at radius 2 is 1.87 bits per heavy atom. The van der Waals surface area contributed by atoms with Gasteiger partial charge in [-0.05, 0) is 67.6 Å². The Hall–Kier alpha value is -3.02. The lowest BCUT2D eigenvalue weighted by molar-refractivity contribution is -0.142. The number of ether oxygens (including phenoxy) is 2. The summed E-state index contributed by atoms with van der Waals surface area (Å²) >= 11 is 0. The Kier molecular flexibility index (Phi) is 8.27. The lowest BCUT2D eigenvalue weighted by Crippen LogP contribution is -2.49. The SMILES string of the molecule is CC[C@@H](C(=O)NC)N(Cc1cccc(OC)c1)C(=O)COc1cc(C)cc(C)c1C. The molecule has 1 N–H and O–H groups in total. The molecular formula is C24H32N2O4. The molecule has 0 aliphatic rings. The summed E-state index contributed by atoms with van der Waals surface area (Å²) in [4.78, 5) is 27.2. The van der Waals surface area contributed by atoms with Gasteiger partial charge in [-0.25, -0.2) is 0 Å². The van der Waals surface area contributed by atoms with E-state index in [4.69, 9.17) is 9.47 Å². The number of hydrogen-bond acceptors (Lipinski definition) is 4. The first-order valence-corrected chi connectivity index (χ1v) is 10.1. The smallest absolute Gasteiger partial charge is 0.261 e. The highest BCUT2D eigenvalue weighted by Gasteiger charge is 2.28. The first kappa shape index (κ1) is 23.3. The van der Waals surface area contributed by atoms with Crippen molar-refractivity contribution >= 4 is 11.8 Å². The second-order valence-corrected chi connectivity index (χ2v) is 7.41. The second-order valence-electron chi connectivity index (χ2n) is 7.41. The number of likely N-dealkylation sites (N-methyl/N-ethyl adjacent to an activating group) is 1. The average molecular weight is 413 g/mol. The molecule has 0 aliphatic carbocycles. The highest BCUT2D eigenvalue weighted by Crippen LogP contribution is 2.24. The van der Waals surface area contributed by atoms with Crippen molar-refractivity contribution in [3.63, 3.8) is 0 Å². The number of amides is 2. The summed E-state index contributed by atoms with van der Waals surface area (Å²) in [7, 11) is 3.18. The van der Waals surface area contributed by atoms with Crippen molar-refractivity contribution in [3.05, 3.63) is 58.7 Å². The van der Waals surface area contributed by atoms with E-state index in [1.54, 1.807) is 19.1 Å². The summed E-state index contributed by atoms with van der Waals surface area (Å²) in [6.45, 7) is 8.03. The van der Waals surface area contributed by atoms with Crippen LogP contribution in [0.3, 0.4) is 0 Å². The number of carbonyl (C=O) groups is 2. The molecule has 0 bridgehead atoms. The molecular weight excluding hydrogens is 380 g/mol. The van der Waals surface area contributed by atoms with E-state index in [0.29, 0.717) is 17.9 Å². The zero-order valence-corrected chi connectivity index (χ0v) is 18.7. The van der Waals surface area contributed by atoms with Gasteiger partial charge in [0.25, 0.3) is 5.91 Å². The van der Waals surface area contributed by atoms with E-state index < -0.39 is 6.04 Å². The van der Waals surface area contributed by atoms with E-state index in [0.717, 1.165) is 22.3 Å². The fourth-order valence-corrected chi connectivity index (χ4v) is 3.43. The summed E-state index contributed by atoms with van der Waals surface area (Å²) in [5, 5.41) is 2.66. The van der Waals surface area contributed by atoms with E-state index >= 15 is 0 Å². The molecule has 6 heteroatoms. The molecule has 2 amide bonds. The van der Waals surface area contributed by atoms with Crippen LogP contribution in [-0.2, 0) is 16.1 Å². The number of nitrogens with zero attached hydrogens (tertiary/aromatic N) is 1. The van der Waals surface area contributed by atoms with E-state index in [-0.39, 0.29) is 25.0 Å². The number of hydrogen-bond donors (Lipinski definition) is 1. The van der Waals surface area contributed by atoms with Crippen LogP contribution >= 0.6 is 0 Å². The number of rotatable bonds is 9. The molecule has 0 aromatic heterocycles. The van der Waals surface area contributed by atoms with Gasteiger partial charge in [-0.2, -0.15) is 0 Å². The zero-order valence-electron chi connectivity index (χ0n) is 18.7. The summed E-state index contributed by atoms with van der Waals surface area (Å²) in [5.74, 6) is 0.952. The van der Waals surface area contributed by atoms with Gasteiger partial charge in [0, 0.05) is 13.6 Å². The Morgan fingerprint density at radius 1 is 1.13 bits per heavy atom. The average Bonchev–Trinajstić information content (AvgIpc) is 2.74. The van der Waals surface area contributed by atoms with Crippen LogP contribution in [0.1, 0.15) is 35.6 Å². The van der Waals surface area contributed by atoms with Crippen LogP contribution < -0.4 is 14.8 Å². The summed E-state index contributed by atoms with van der Waals surface area (Å²) < 4.78 is 11.2. The monoisotopic (exact) mass is 412 g/mol. The first-order valence-electron chi connectivity index (χ1n) is 10.1. The molecule has 0 aliphatic heterocycles. The third-order valence-electron chi connectivity index (χ3n) is 5.23. The van der Waals surface area contributed by atoms with Crippen LogP contribution in [0.5, 0.6) is 11.5 Å². The number of aryl methyl sites for hydroxylation is 2. The maximum Gasteiger partial charge on any atom is 0.261 e. The minimum atomic E-state index is -0.586. The predicted molar refractivity (Wildman–Crippen MR) is 118 cm³/mol. The summed E-state index contributed by atoms with van der Waals surface area (Å²) in [6, 6.07) is 10.9. The van der Waals surface area contributed by atoms with E-state index in [9.17, 15) is 9.59 Å². The van der Waals surface area contributed by atoms with Crippen molar-refractivity contribution in [2.45, 2.75) is 46.7 Å². The molecule has 6 nitrogen and oxygen atoms in total. The van der Waals surface area contributed by atoms with Crippen LogP contribution in [0.15, 0.2) is 36.4 Å². The minimum Gasteiger partial charge on any atom is -0.497 e. The van der Waals surface area contributed by atoms with Crippen molar-refractivity contribution < 1.29 is 19.1 Å². The number of benzene rings is 2. The fourth-order valence-electron chi connectivity index (χ4n) is 3.43. The number of methoxy groups -OCH3 is 1. The standard InChI is InChI=1S/C24H32N2O4/c1-7-21(24(28)25-5)26(14-19-9-8-10-20(13-19)29-6)23(27)15-30-22-12-16(2)11-17(3)18(22)4/h8-13,21H,7,14-15H2,1-6H3,(H,25,28)/t21-/m0/s1. The van der Waals surface area contributed by atoms with E-state index in [1.807, 2.05) is 58.0 Å². The van der Waals surface area contributed by atoms with Crippen LogP contribution in [0, 0.1) is 20.8 Å². The highest BCUT2D eigenvalue weighted by molar-refractivity contribution is 5.88. The van der Waals surface area contributed by atoms with E-state index in [1.165, 1.54) is 0 Å². The van der Waals surface area contributed by atoms with Crippen LogP contribution in [0.4, 0.5) is 0 Å². The van der Waals surface area contributed by atoms with Crippen molar-refractivity contribution in [1.29, 1.82) is 0 Å². The van der Waals surface area contributed by atoms with Crippen molar-refractivity contribution in [2.24, 2.45) is 0 Å². The molecule has 0 fully saturated rings. The normalized spacial score (nSPS) is 11.5. The topological polar surface area (TPSA) is 67.9 Å². The predicted octanol–water partition coefficient (Wildman–Crippen LogP) is 3.55. The largest absolute Gasteiger partial charge is 0.497 e. The van der Waals surface area contributed by atoms with Crippen molar-refractivity contribution in [2.75, 3.05) is 20.8 Å². The quantitative estimate of drug-likeness (QED) is 0.684. The molecule has 1 atom stereocenters. The van der Waals surface area contributed by atoms with Gasteiger partial charge < -0.3 is 19.7 Å². The third-order valence-corrected chi connectivity index (χ3v) is 5.23. The Morgan fingerprint density at radius 3 is 2.50 bits per heavy atom. The van der Waals surface area contributed by atoms with Gasteiger partial charge in [0.2, 0.25) is 5.91 Å². The molecule has 2 aromatic rings. The molecule has 162 valence electrons. The lowest BCUT2D eigenvalue weighted by atomic mass is 10.1. The summed E-state index contributed by atoms with van der Waals surface area (Å²) in [6.07, 6.45) is 0.498. The lowest BCUT2D eigenvalue weighted by Gasteiger charge is -2.30. The van der Waals surface area contributed by atoms with Gasteiger partial charge in [-0.3, -0.25) is 9.59 Å². The second kappa shape index (κ2) is 10.7. The molecule has 0 heterocycles.